The van der Waals surface area contributed by atoms with Crippen molar-refractivity contribution in [3.05, 3.63) is 98.1 Å². The number of carbonyl (C=O) groups is 1. The Bertz CT molecular complexity index is 1270. The lowest BCUT2D eigenvalue weighted by Crippen LogP contribution is -2.05. The van der Waals surface area contributed by atoms with Gasteiger partial charge in [-0.15, -0.1) is 0 Å². The Morgan fingerprint density at radius 2 is 1.79 bits per heavy atom. The number of aliphatic imine (C=N–C) groups is 1. The minimum Gasteiger partial charge on any atom is -0.490 e. The van der Waals surface area contributed by atoms with E-state index in [1.807, 2.05) is 37.3 Å². The van der Waals surface area contributed by atoms with Crippen LogP contribution in [0.4, 0.5) is 0 Å². The Morgan fingerprint density at radius 1 is 0.939 bits per heavy atom. The van der Waals surface area contributed by atoms with Crippen molar-refractivity contribution in [1.82, 2.24) is 0 Å². The number of ether oxygens (including phenoxy) is 3. The van der Waals surface area contributed by atoms with Crippen molar-refractivity contribution in [3.63, 3.8) is 0 Å². The lowest BCUT2D eigenvalue weighted by atomic mass is 10.1. The van der Waals surface area contributed by atoms with Gasteiger partial charge >= 0.3 is 5.97 Å². The molecule has 33 heavy (non-hydrogen) atoms. The molecule has 3 aromatic rings. The molecule has 0 fully saturated rings. The van der Waals surface area contributed by atoms with E-state index in [0.717, 1.165) is 5.56 Å². The van der Waals surface area contributed by atoms with Gasteiger partial charge in [-0.1, -0.05) is 53.0 Å². The number of hydrogen-bond acceptors (Lipinski definition) is 5. The zero-order valence-electron chi connectivity index (χ0n) is 17.5. The van der Waals surface area contributed by atoms with E-state index in [-0.39, 0.29) is 11.6 Å². The molecule has 0 radical (unpaired) electrons. The quantitative estimate of drug-likeness (QED) is 0.259. The second-order valence-corrected chi connectivity index (χ2v) is 8.27. The third-order valence-corrected chi connectivity index (χ3v) is 5.62. The minimum absolute atomic E-state index is 0.158. The molecule has 0 spiro atoms. The molecule has 4 rings (SSSR count). The Balaban J connectivity index is 1.56. The summed E-state index contributed by atoms with van der Waals surface area (Å²) in [6.45, 7) is 2.67. The van der Waals surface area contributed by atoms with Gasteiger partial charge in [0.25, 0.3) is 0 Å². The topological polar surface area (TPSA) is 57.1 Å². The predicted octanol–water partition coefficient (Wildman–Crippen LogP) is 6.97. The van der Waals surface area contributed by atoms with Crippen LogP contribution >= 0.6 is 34.8 Å². The number of hydrogen-bond donors (Lipinski definition) is 0. The highest BCUT2D eigenvalue weighted by molar-refractivity contribution is 6.42. The van der Waals surface area contributed by atoms with Gasteiger partial charge in [-0.3, -0.25) is 0 Å². The van der Waals surface area contributed by atoms with E-state index in [1.165, 1.54) is 0 Å². The van der Waals surface area contributed by atoms with E-state index in [2.05, 4.69) is 4.99 Å². The van der Waals surface area contributed by atoms with Crippen molar-refractivity contribution < 1.29 is 19.0 Å². The van der Waals surface area contributed by atoms with Crippen molar-refractivity contribution in [2.45, 2.75) is 13.5 Å². The number of esters is 1. The van der Waals surface area contributed by atoms with Crippen molar-refractivity contribution in [2.24, 2.45) is 4.99 Å². The number of benzene rings is 3. The molecule has 8 heteroatoms. The average molecular weight is 503 g/mol. The Hall–Kier alpha value is -2.99. The van der Waals surface area contributed by atoms with Gasteiger partial charge in [-0.2, -0.15) is 0 Å². The highest BCUT2D eigenvalue weighted by atomic mass is 35.5. The van der Waals surface area contributed by atoms with Crippen LogP contribution in [0.3, 0.4) is 0 Å². The van der Waals surface area contributed by atoms with Crippen LogP contribution < -0.4 is 9.47 Å². The van der Waals surface area contributed by atoms with E-state index in [0.29, 0.717) is 50.9 Å². The first-order chi connectivity index (χ1) is 15.9. The third-order valence-electron chi connectivity index (χ3n) is 4.64. The number of halogens is 3. The first-order valence-corrected chi connectivity index (χ1v) is 11.2. The summed E-state index contributed by atoms with van der Waals surface area (Å²) in [5.74, 6) is 0.730. The molecule has 1 heterocycles. The van der Waals surface area contributed by atoms with Crippen molar-refractivity contribution in [3.8, 4) is 11.5 Å². The SMILES string of the molecule is CCOc1cc(/C=C2\N=C(c3ccc(Cl)c(Cl)c3)OC2=O)ccc1OCc1cccc(Cl)c1. The molecule has 0 atom stereocenters. The first kappa shape index (κ1) is 23.2. The fourth-order valence-corrected chi connectivity index (χ4v) is 3.62. The van der Waals surface area contributed by atoms with E-state index in [9.17, 15) is 4.79 Å². The van der Waals surface area contributed by atoms with Crippen LogP contribution in [-0.2, 0) is 16.1 Å². The molecular weight excluding hydrogens is 485 g/mol. The summed E-state index contributed by atoms with van der Waals surface area (Å²) < 4.78 is 17.0. The fourth-order valence-electron chi connectivity index (χ4n) is 3.11. The minimum atomic E-state index is -0.560. The fraction of sp³-hybridized carbons (Fsp3) is 0.120. The second kappa shape index (κ2) is 10.3. The molecular formula is C25H18Cl3NO4. The number of cyclic esters (lactones) is 1. The Morgan fingerprint density at radius 3 is 2.55 bits per heavy atom. The van der Waals surface area contributed by atoms with E-state index in [4.69, 9.17) is 49.0 Å². The largest absolute Gasteiger partial charge is 0.490 e. The zero-order valence-corrected chi connectivity index (χ0v) is 19.7. The monoisotopic (exact) mass is 501 g/mol. The van der Waals surface area contributed by atoms with E-state index >= 15 is 0 Å². The highest BCUT2D eigenvalue weighted by Gasteiger charge is 2.24. The van der Waals surface area contributed by atoms with Crippen molar-refractivity contribution in [1.29, 1.82) is 0 Å². The summed E-state index contributed by atoms with van der Waals surface area (Å²) in [4.78, 5) is 16.7. The second-order valence-electron chi connectivity index (χ2n) is 7.02. The summed E-state index contributed by atoms with van der Waals surface area (Å²) >= 11 is 18.0. The maximum atomic E-state index is 12.3. The van der Waals surface area contributed by atoms with Crippen LogP contribution in [0.5, 0.6) is 11.5 Å². The van der Waals surface area contributed by atoms with Gasteiger partial charge < -0.3 is 14.2 Å². The molecule has 0 N–H and O–H groups in total. The Labute approximate surface area is 206 Å². The van der Waals surface area contributed by atoms with Crippen LogP contribution in [0.2, 0.25) is 15.1 Å². The smallest absolute Gasteiger partial charge is 0.363 e. The molecule has 3 aromatic carbocycles. The van der Waals surface area contributed by atoms with E-state index < -0.39 is 5.97 Å². The standard InChI is InChI=1S/C25H18Cl3NO4/c1-2-31-23-12-15(6-9-22(23)32-14-16-4-3-5-18(26)10-16)11-21-25(30)33-24(29-21)17-7-8-19(27)20(28)13-17/h3-13H,2,14H2,1H3/b21-11-. The van der Waals surface area contributed by atoms with Gasteiger partial charge in [0, 0.05) is 10.6 Å². The van der Waals surface area contributed by atoms with Crippen molar-refractivity contribution in [2.75, 3.05) is 6.61 Å². The zero-order chi connectivity index (χ0) is 23.4. The van der Waals surface area contributed by atoms with Gasteiger partial charge in [0.05, 0.1) is 16.7 Å². The molecule has 1 aliphatic rings. The van der Waals surface area contributed by atoms with Gasteiger partial charge in [0.2, 0.25) is 5.90 Å². The lowest BCUT2D eigenvalue weighted by molar-refractivity contribution is -0.129. The molecule has 0 saturated carbocycles. The van der Waals surface area contributed by atoms with Crippen molar-refractivity contribution >= 4 is 52.7 Å². The van der Waals surface area contributed by atoms with E-state index in [1.54, 1.807) is 36.4 Å². The Kier molecular flexibility index (Phi) is 7.23. The molecule has 0 amide bonds. The van der Waals surface area contributed by atoms with Gasteiger partial charge in [-0.05, 0) is 66.6 Å². The van der Waals surface area contributed by atoms with Crippen LogP contribution in [0.1, 0.15) is 23.6 Å². The number of carbonyl (C=O) groups excluding carboxylic acids is 1. The maximum Gasteiger partial charge on any atom is 0.363 e. The third kappa shape index (κ3) is 5.69. The molecule has 5 nitrogen and oxygen atoms in total. The lowest BCUT2D eigenvalue weighted by Gasteiger charge is -2.13. The molecule has 0 bridgehead atoms. The molecule has 0 saturated heterocycles. The summed E-state index contributed by atoms with van der Waals surface area (Å²) in [5.41, 5.74) is 2.36. The van der Waals surface area contributed by atoms with Crippen LogP contribution in [0.15, 0.2) is 71.4 Å². The molecule has 168 valence electrons. The summed E-state index contributed by atoms with van der Waals surface area (Å²) in [5, 5.41) is 1.40. The van der Waals surface area contributed by atoms with Crippen LogP contribution in [0.25, 0.3) is 6.08 Å². The summed E-state index contributed by atoms with van der Waals surface area (Å²) in [7, 11) is 0. The molecule has 0 aromatic heterocycles. The molecule has 0 aliphatic carbocycles. The normalized spacial score (nSPS) is 14.2. The summed E-state index contributed by atoms with van der Waals surface area (Å²) in [6.07, 6.45) is 1.62. The van der Waals surface area contributed by atoms with Gasteiger partial charge in [-0.25, -0.2) is 9.79 Å². The van der Waals surface area contributed by atoms with Gasteiger partial charge in [0.1, 0.15) is 6.61 Å². The number of nitrogens with zero attached hydrogens (tertiary/aromatic N) is 1. The van der Waals surface area contributed by atoms with Gasteiger partial charge in [0.15, 0.2) is 17.2 Å². The number of rotatable bonds is 7. The maximum absolute atomic E-state index is 12.3. The predicted molar refractivity (Wildman–Crippen MR) is 130 cm³/mol. The highest BCUT2D eigenvalue weighted by Crippen LogP contribution is 2.31. The summed E-state index contributed by atoms with van der Waals surface area (Å²) in [6, 6.07) is 17.7. The van der Waals surface area contributed by atoms with Crippen LogP contribution in [-0.4, -0.2) is 18.5 Å². The molecule has 0 unspecified atom stereocenters. The first-order valence-electron chi connectivity index (χ1n) is 10.0. The van der Waals surface area contributed by atoms with Crippen LogP contribution in [0, 0.1) is 0 Å². The molecule has 1 aliphatic heterocycles. The average Bonchev–Trinajstić information content (AvgIpc) is 3.15.